The molecule has 3 aliphatic rings. The van der Waals surface area contributed by atoms with Crippen molar-refractivity contribution >= 4 is 11.0 Å². The third-order valence-corrected chi connectivity index (χ3v) is 5.12. The molecule has 2 fully saturated rings. The van der Waals surface area contributed by atoms with Crippen LogP contribution in [0.5, 0.6) is 0 Å². The van der Waals surface area contributed by atoms with Crippen molar-refractivity contribution in [2.24, 2.45) is 11.8 Å². The Labute approximate surface area is 134 Å². The predicted octanol–water partition coefficient (Wildman–Crippen LogP) is 4.04. The van der Waals surface area contributed by atoms with Crippen LogP contribution in [0.4, 0.5) is 13.2 Å². The molecule has 2 aliphatic carbocycles. The highest BCUT2D eigenvalue weighted by Gasteiger charge is 2.64. The van der Waals surface area contributed by atoms with E-state index in [0.29, 0.717) is 29.0 Å². The topological polar surface area (TPSA) is 58.1 Å². The fraction of sp³-hybridized carbons (Fsp3) is 0.353. The standard InChI is InChI=1S/C17H13F3N2O2/c18-17(19,20)7-1-3-10-11(5-7)22-16(21-10)14-13-9-6-8(23)2-4-12(9)24-15(13)14/h1-5,9,13-15,23H,6H2,(H,21,22). The van der Waals surface area contributed by atoms with Gasteiger partial charge in [0.25, 0.3) is 0 Å². The minimum atomic E-state index is -4.37. The molecule has 0 spiro atoms. The monoisotopic (exact) mass is 334 g/mol. The van der Waals surface area contributed by atoms with E-state index >= 15 is 0 Å². The third kappa shape index (κ3) is 1.90. The number of nitrogens with one attached hydrogen (secondary N) is 1. The molecule has 1 aromatic heterocycles. The fourth-order valence-electron chi connectivity index (χ4n) is 3.94. The van der Waals surface area contributed by atoms with Gasteiger partial charge in [-0.25, -0.2) is 4.98 Å². The number of imidazole rings is 1. The number of fused-ring (bicyclic) bond motifs is 4. The molecule has 0 radical (unpaired) electrons. The van der Waals surface area contributed by atoms with Gasteiger partial charge in [0, 0.05) is 18.3 Å². The average molecular weight is 334 g/mol. The van der Waals surface area contributed by atoms with Crippen LogP contribution < -0.4 is 0 Å². The SMILES string of the molecule is OC1=CC=C2OC3C(c4nc5ccc(C(F)(F)F)cc5[nH]4)C3C2C1. The van der Waals surface area contributed by atoms with Gasteiger partial charge in [-0.05, 0) is 30.4 Å². The number of hydrogen-bond acceptors (Lipinski definition) is 3. The Kier molecular flexibility index (Phi) is 2.52. The minimum Gasteiger partial charge on any atom is -0.512 e. The maximum Gasteiger partial charge on any atom is 0.416 e. The van der Waals surface area contributed by atoms with E-state index in [-0.39, 0.29) is 23.9 Å². The summed E-state index contributed by atoms with van der Waals surface area (Å²) in [5.41, 5.74) is 0.210. The maximum absolute atomic E-state index is 12.8. The first-order chi connectivity index (χ1) is 11.4. The van der Waals surface area contributed by atoms with Crippen molar-refractivity contribution in [2.75, 3.05) is 0 Å². The highest BCUT2D eigenvalue weighted by molar-refractivity contribution is 5.76. The van der Waals surface area contributed by atoms with Gasteiger partial charge in [0.05, 0.1) is 28.3 Å². The second-order valence-corrected chi connectivity index (χ2v) is 6.57. The molecular formula is C17H13F3N2O2. The molecule has 24 heavy (non-hydrogen) atoms. The smallest absolute Gasteiger partial charge is 0.416 e. The van der Waals surface area contributed by atoms with Crippen LogP contribution in [-0.4, -0.2) is 21.2 Å². The molecule has 2 heterocycles. The number of halogens is 3. The van der Waals surface area contributed by atoms with E-state index in [1.807, 2.05) is 0 Å². The first kappa shape index (κ1) is 13.9. The quantitative estimate of drug-likeness (QED) is 0.827. The van der Waals surface area contributed by atoms with Gasteiger partial charge in [-0.1, -0.05) is 0 Å². The molecule has 4 nitrogen and oxygen atoms in total. The summed E-state index contributed by atoms with van der Waals surface area (Å²) < 4.78 is 44.3. The van der Waals surface area contributed by atoms with Gasteiger partial charge in [-0.3, -0.25) is 0 Å². The van der Waals surface area contributed by atoms with Gasteiger partial charge in [0.15, 0.2) is 0 Å². The van der Waals surface area contributed by atoms with Crippen molar-refractivity contribution in [3.63, 3.8) is 0 Å². The van der Waals surface area contributed by atoms with Gasteiger partial charge in [0.1, 0.15) is 17.7 Å². The lowest BCUT2D eigenvalue weighted by Gasteiger charge is -2.18. The van der Waals surface area contributed by atoms with Crippen molar-refractivity contribution in [2.45, 2.75) is 24.6 Å². The number of hydrogen-bond donors (Lipinski definition) is 2. The predicted molar refractivity (Wildman–Crippen MR) is 79.1 cm³/mol. The second-order valence-electron chi connectivity index (χ2n) is 6.57. The summed E-state index contributed by atoms with van der Waals surface area (Å²) in [5.74, 6) is 2.26. The summed E-state index contributed by atoms with van der Waals surface area (Å²) in [6, 6.07) is 3.52. The van der Waals surface area contributed by atoms with E-state index < -0.39 is 11.7 Å². The summed E-state index contributed by atoms with van der Waals surface area (Å²) in [5, 5.41) is 9.70. The van der Waals surface area contributed by atoms with Crippen LogP contribution in [0, 0.1) is 11.8 Å². The number of H-pyrrole nitrogens is 1. The van der Waals surface area contributed by atoms with Gasteiger partial charge < -0.3 is 14.8 Å². The fourth-order valence-corrected chi connectivity index (χ4v) is 3.94. The summed E-state index contributed by atoms with van der Waals surface area (Å²) in [7, 11) is 0. The number of nitrogens with zero attached hydrogens (tertiary/aromatic N) is 1. The number of alkyl halides is 3. The van der Waals surface area contributed by atoms with E-state index in [0.717, 1.165) is 17.9 Å². The highest BCUT2D eigenvalue weighted by atomic mass is 19.4. The summed E-state index contributed by atoms with van der Waals surface area (Å²) in [6.07, 6.45) is -0.401. The van der Waals surface area contributed by atoms with Crippen LogP contribution in [0.3, 0.4) is 0 Å². The van der Waals surface area contributed by atoms with E-state index in [9.17, 15) is 18.3 Å². The Morgan fingerprint density at radius 1 is 1.25 bits per heavy atom. The third-order valence-electron chi connectivity index (χ3n) is 5.12. The van der Waals surface area contributed by atoms with Crippen molar-refractivity contribution < 1.29 is 23.0 Å². The Bertz CT molecular complexity index is 912. The van der Waals surface area contributed by atoms with Gasteiger partial charge in [0.2, 0.25) is 0 Å². The molecular weight excluding hydrogens is 321 g/mol. The van der Waals surface area contributed by atoms with E-state index in [2.05, 4.69) is 9.97 Å². The summed E-state index contributed by atoms with van der Waals surface area (Å²) in [6.45, 7) is 0. The number of aromatic amines is 1. The number of benzene rings is 1. The maximum atomic E-state index is 12.8. The Hall–Kier alpha value is -2.44. The minimum absolute atomic E-state index is 0.0109. The first-order valence-electron chi connectivity index (χ1n) is 7.75. The van der Waals surface area contributed by atoms with E-state index in [1.165, 1.54) is 6.07 Å². The molecule has 4 unspecified atom stereocenters. The van der Waals surface area contributed by atoms with Gasteiger partial charge >= 0.3 is 6.18 Å². The summed E-state index contributed by atoms with van der Waals surface area (Å²) in [4.78, 5) is 7.46. The van der Waals surface area contributed by atoms with Crippen LogP contribution in [0.15, 0.2) is 41.9 Å². The first-order valence-corrected chi connectivity index (χ1v) is 7.75. The molecule has 1 saturated heterocycles. The normalized spacial score (nSPS) is 31.1. The Morgan fingerprint density at radius 2 is 2.08 bits per heavy atom. The van der Waals surface area contributed by atoms with Gasteiger partial charge in [-0.15, -0.1) is 0 Å². The van der Waals surface area contributed by atoms with Crippen LogP contribution in [0.25, 0.3) is 11.0 Å². The molecule has 4 atom stereocenters. The number of rotatable bonds is 1. The number of allylic oxidation sites excluding steroid dienone is 4. The number of aliphatic hydroxyl groups excluding tert-OH is 1. The molecule has 2 N–H and O–H groups in total. The Balaban J connectivity index is 1.45. The molecule has 0 bridgehead atoms. The molecule has 2 aromatic rings. The van der Waals surface area contributed by atoms with Crippen molar-refractivity contribution in [1.29, 1.82) is 0 Å². The van der Waals surface area contributed by atoms with E-state index in [1.54, 1.807) is 12.2 Å². The lowest BCUT2D eigenvalue weighted by molar-refractivity contribution is -0.137. The average Bonchev–Trinajstić information content (AvgIpc) is 2.89. The highest BCUT2D eigenvalue weighted by Crippen LogP contribution is 2.63. The van der Waals surface area contributed by atoms with Crippen molar-refractivity contribution in [1.82, 2.24) is 9.97 Å². The molecule has 124 valence electrons. The molecule has 5 rings (SSSR count). The van der Waals surface area contributed by atoms with Crippen LogP contribution in [0.1, 0.15) is 23.7 Å². The van der Waals surface area contributed by atoms with Crippen molar-refractivity contribution in [3.8, 4) is 0 Å². The molecule has 1 aliphatic heterocycles. The molecule has 0 amide bonds. The van der Waals surface area contributed by atoms with Gasteiger partial charge in [-0.2, -0.15) is 13.2 Å². The number of aliphatic hydroxyl groups is 1. The molecule has 1 aromatic carbocycles. The molecule has 7 heteroatoms. The lowest BCUT2D eigenvalue weighted by atomic mass is 9.92. The van der Waals surface area contributed by atoms with Crippen molar-refractivity contribution in [3.05, 3.63) is 53.3 Å². The largest absolute Gasteiger partial charge is 0.512 e. The zero-order chi connectivity index (χ0) is 16.6. The van der Waals surface area contributed by atoms with Crippen LogP contribution >= 0.6 is 0 Å². The zero-order valence-electron chi connectivity index (χ0n) is 12.3. The van der Waals surface area contributed by atoms with Crippen LogP contribution in [0.2, 0.25) is 0 Å². The van der Waals surface area contributed by atoms with Crippen LogP contribution in [-0.2, 0) is 10.9 Å². The Morgan fingerprint density at radius 3 is 2.88 bits per heavy atom. The lowest BCUT2D eigenvalue weighted by Crippen LogP contribution is -2.11. The molecule has 1 saturated carbocycles. The zero-order valence-corrected chi connectivity index (χ0v) is 12.3. The summed E-state index contributed by atoms with van der Waals surface area (Å²) >= 11 is 0. The number of ether oxygens (including phenoxy) is 1. The second kappa shape index (κ2) is 4.34. The van der Waals surface area contributed by atoms with E-state index in [4.69, 9.17) is 4.74 Å². The number of aromatic nitrogens is 2.